The molecule has 4 heteroatoms. The molecular weight excluding hydrogens is 250 g/mol. The Morgan fingerprint density at radius 1 is 1.40 bits per heavy atom. The van der Waals surface area contributed by atoms with Gasteiger partial charge in [-0.25, -0.2) is 4.98 Å². The van der Waals surface area contributed by atoms with Gasteiger partial charge in [-0.05, 0) is 30.5 Å². The molecule has 0 fully saturated rings. The van der Waals surface area contributed by atoms with E-state index in [0.717, 1.165) is 43.0 Å². The van der Waals surface area contributed by atoms with Crippen LogP contribution in [-0.2, 0) is 13.5 Å². The van der Waals surface area contributed by atoms with E-state index in [4.69, 9.17) is 10.5 Å². The number of aromatic nitrogens is 2. The summed E-state index contributed by atoms with van der Waals surface area (Å²) in [5.41, 5.74) is 7.38. The molecule has 2 rings (SSSR count). The molecule has 0 aliphatic carbocycles. The van der Waals surface area contributed by atoms with Crippen LogP contribution >= 0.6 is 0 Å². The number of hydrogen-bond donors (Lipinski definition) is 1. The monoisotopic (exact) mass is 273 g/mol. The number of aryl methyl sites for hydroxylation is 2. The second kappa shape index (κ2) is 7.10. The summed E-state index contributed by atoms with van der Waals surface area (Å²) < 4.78 is 7.68. The molecular formula is C16H23N3O. The van der Waals surface area contributed by atoms with Crippen molar-refractivity contribution in [2.45, 2.75) is 32.2 Å². The lowest BCUT2D eigenvalue weighted by molar-refractivity contribution is 0.317. The first kappa shape index (κ1) is 14.6. The normalized spacial score (nSPS) is 12.3. The summed E-state index contributed by atoms with van der Waals surface area (Å²) in [5, 5.41) is 0. The molecule has 0 saturated carbocycles. The molecule has 1 aromatic carbocycles. The minimum Gasteiger partial charge on any atom is -0.494 e. The summed E-state index contributed by atoms with van der Waals surface area (Å²) in [6.07, 6.45) is 6.54. The molecule has 0 bridgehead atoms. The van der Waals surface area contributed by atoms with Gasteiger partial charge in [-0.3, -0.25) is 0 Å². The summed E-state index contributed by atoms with van der Waals surface area (Å²) in [4.78, 5) is 4.32. The molecule has 1 unspecified atom stereocenters. The van der Waals surface area contributed by atoms with Gasteiger partial charge in [0.1, 0.15) is 11.6 Å². The van der Waals surface area contributed by atoms with E-state index in [0.29, 0.717) is 0 Å². The molecule has 20 heavy (non-hydrogen) atoms. The minimum absolute atomic E-state index is 0.0110. The summed E-state index contributed by atoms with van der Waals surface area (Å²) in [6.45, 7) is 2.84. The van der Waals surface area contributed by atoms with E-state index in [9.17, 15) is 0 Å². The van der Waals surface area contributed by atoms with Gasteiger partial charge in [-0.2, -0.15) is 0 Å². The SMILES string of the molecule is CCCOc1cccc(C(N)CCc2nccn2C)c1. The zero-order chi connectivity index (χ0) is 14.4. The molecule has 1 heterocycles. The Labute approximate surface area is 120 Å². The van der Waals surface area contributed by atoms with E-state index in [1.165, 1.54) is 0 Å². The molecule has 2 aromatic rings. The number of nitrogens with two attached hydrogens (primary N) is 1. The molecule has 4 nitrogen and oxygen atoms in total. The van der Waals surface area contributed by atoms with Crippen LogP contribution in [0.3, 0.4) is 0 Å². The van der Waals surface area contributed by atoms with Crippen molar-refractivity contribution < 1.29 is 4.74 Å². The molecule has 1 aromatic heterocycles. The number of nitrogens with zero attached hydrogens (tertiary/aromatic N) is 2. The first-order valence-electron chi connectivity index (χ1n) is 7.15. The number of ether oxygens (including phenoxy) is 1. The number of hydrogen-bond acceptors (Lipinski definition) is 3. The fourth-order valence-electron chi connectivity index (χ4n) is 2.14. The van der Waals surface area contributed by atoms with E-state index in [-0.39, 0.29) is 6.04 Å². The molecule has 2 N–H and O–H groups in total. The second-order valence-electron chi connectivity index (χ2n) is 5.02. The Balaban J connectivity index is 1.94. The van der Waals surface area contributed by atoms with Crippen molar-refractivity contribution in [3.05, 3.63) is 48.0 Å². The van der Waals surface area contributed by atoms with Crippen LogP contribution in [0, 0.1) is 0 Å². The van der Waals surface area contributed by atoms with Gasteiger partial charge in [0.15, 0.2) is 0 Å². The van der Waals surface area contributed by atoms with Crippen LogP contribution in [0.5, 0.6) is 5.75 Å². The van der Waals surface area contributed by atoms with Crippen LogP contribution in [0.1, 0.15) is 37.2 Å². The van der Waals surface area contributed by atoms with Gasteiger partial charge >= 0.3 is 0 Å². The van der Waals surface area contributed by atoms with Crippen LogP contribution in [0.4, 0.5) is 0 Å². The Bertz CT molecular complexity index is 536. The van der Waals surface area contributed by atoms with Gasteiger partial charge in [-0.1, -0.05) is 19.1 Å². The fourth-order valence-corrected chi connectivity index (χ4v) is 2.14. The van der Waals surface area contributed by atoms with Crippen molar-refractivity contribution in [2.24, 2.45) is 12.8 Å². The lowest BCUT2D eigenvalue weighted by Gasteiger charge is -2.13. The maximum atomic E-state index is 6.27. The molecule has 108 valence electrons. The smallest absolute Gasteiger partial charge is 0.119 e. The number of benzene rings is 1. The lowest BCUT2D eigenvalue weighted by Crippen LogP contribution is -2.12. The summed E-state index contributed by atoms with van der Waals surface area (Å²) in [6, 6.07) is 8.09. The van der Waals surface area contributed by atoms with Gasteiger partial charge in [0.05, 0.1) is 6.61 Å². The van der Waals surface area contributed by atoms with Crippen LogP contribution in [0.25, 0.3) is 0 Å². The van der Waals surface area contributed by atoms with E-state index in [1.54, 1.807) is 0 Å². The van der Waals surface area contributed by atoms with Gasteiger partial charge < -0.3 is 15.0 Å². The van der Waals surface area contributed by atoms with Crippen LogP contribution in [0.2, 0.25) is 0 Å². The van der Waals surface area contributed by atoms with Gasteiger partial charge in [0, 0.05) is 31.9 Å². The van der Waals surface area contributed by atoms with Gasteiger partial charge in [0.2, 0.25) is 0 Å². The maximum absolute atomic E-state index is 6.27. The highest BCUT2D eigenvalue weighted by Crippen LogP contribution is 2.21. The minimum atomic E-state index is 0.0110. The zero-order valence-electron chi connectivity index (χ0n) is 12.2. The third-order valence-electron chi connectivity index (χ3n) is 3.36. The first-order valence-corrected chi connectivity index (χ1v) is 7.15. The van der Waals surface area contributed by atoms with E-state index < -0.39 is 0 Å². The molecule has 0 aliphatic rings. The second-order valence-corrected chi connectivity index (χ2v) is 5.02. The summed E-state index contributed by atoms with van der Waals surface area (Å²) >= 11 is 0. The quantitative estimate of drug-likeness (QED) is 0.844. The average Bonchev–Trinajstić information content (AvgIpc) is 2.88. The predicted octanol–water partition coefficient (Wildman–Crippen LogP) is 2.84. The Morgan fingerprint density at radius 3 is 2.95 bits per heavy atom. The van der Waals surface area contributed by atoms with E-state index in [2.05, 4.69) is 18.0 Å². The highest BCUT2D eigenvalue weighted by molar-refractivity contribution is 5.30. The van der Waals surface area contributed by atoms with Gasteiger partial charge in [-0.15, -0.1) is 0 Å². The van der Waals surface area contributed by atoms with Crippen LogP contribution < -0.4 is 10.5 Å². The Kier molecular flexibility index (Phi) is 5.18. The zero-order valence-corrected chi connectivity index (χ0v) is 12.2. The topological polar surface area (TPSA) is 53.1 Å². The standard InChI is InChI=1S/C16H23N3O/c1-3-11-20-14-6-4-5-13(12-14)15(17)7-8-16-18-9-10-19(16)2/h4-6,9-10,12,15H,3,7-8,11,17H2,1-2H3. The Morgan fingerprint density at radius 2 is 2.25 bits per heavy atom. The van der Waals surface area contributed by atoms with Crippen LogP contribution in [0.15, 0.2) is 36.7 Å². The fraction of sp³-hybridized carbons (Fsp3) is 0.438. The third-order valence-corrected chi connectivity index (χ3v) is 3.36. The first-order chi connectivity index (χ1) is 9.70. The average molecular weight is 273 g/mol. The highest BCUT2D eigenvalue weighted by atomic mass is 16.5. The summed E-state index contributed by atoms with van der Waals surface area (Å²) in [7, 11) is 2.01. The van der Waals surface area contributed by atoms with Crippen molar-refractivity contribution in [1.82, 2.24) is 9.55 Å². The van der Waals surface area contributed by atoms with Crippen molar-refractivity contribution in [1.29, 1.82) is 0 Å². The van der Waals surface area contributed by atoms with E-state index >= 15 is 0 Å². The maximum Gasteiger partial charge on any atom is 0.119 e. The molecule has 0 spiro atoms. The highest BCUT2D eigenvalue weighted by Gasteiger charge is 2.09. The molecule has 0 amide bonds. The largest absolute Gasteiger partial charge is 0.494 e. The molecule has 0 radical (unpaired) electrons. The molecule has 0 aliphatic heterocycles. The van der Waals surface area contributed by atoms with Crippen molar-refractivity contribution >= 4 is 0 Å². The van der Waals surface area contributed by atoms with Crippen molar-refractivity contribution in [3.8, 4) is 5.75 Å². The number of imidazole rings is 1. The van der Waals surface area contributed by atoms with Crippen molar-refractivity contribution in [2.75, 3.05) is 6.61 Å². The third kappa shape index (κ3) is 3.84. The summed E-state index contributed by atoms with van der Waals surface area (Å²) in [5.74, 6) is 1.97. The van der Waals surface area contributed by atoms with Gasteiger partial charge in [0.25, 0.3) is 0 Å². The lowest BCUT2D eigenvalue weighted by atomic mass is 10.0. The van der Waals surface area contributed by atoms with E-state index in [1.807, 2.05) is 42.2 Å². The molecule has 1 atom stereocenters. The molecule has 0 saturated heterocycles. The number of rotatable bonds is 7. The van der Waals surface area contributed by atoms with Crippen LogP contribution in [-0.4, -0.2) is 16.2 Å². The van der Waals surface area contributed by atoms with Crippen molar-refractivity contribution in [3.63, 3.8) is 0 Å². The predicted molar refractivity (Wildman–Crippen MR) is 80.7 cm³/mol. The Hall–Kier alpha value is -1.81.